The van der Waals surface area contributed by atoms with Gasteiger partial charge in [0, 0.05) is 19.5 Å². The summed E-state index contributed by atoms with van der Waals surface area (Å²) in [5.41, 5.74) is 9.54. The molecule has 0 unspecified atom stereocenters. The summed E-state index contributed by atoms with van der Waals surface area (Å²) in [6, 6.07) is 15.5. The van der Waals surface area contributed by atoms with Crippen LogP contribution in [0.1, 0.15) is 43.7 Å². The molecule has 1 atom stereocenters. The van der Waals surface area contributed by atoms with E-state index in [2.05, 4.69) is 40.2 Å². The third kappa shape index (κ3) is 5.70. The quantitative estimate of drug-likeness (QED) is 0.435. The number of alkyl carbamates (subject to hydrolysis) is 1. The first-order chi connectivity index (χ1) is 15.7. The van der Waals surface area contributed by atoms with Crippen LogP contribution in [0.4, 0.5) is 4.79 Å². The van der Waals surface area contributed by atoms with Gasteiger partial charge in [-0.1, -0.05) is 48.5 Å². The maximum atomic E-state index is 12.2. The maximum absolute atomic E-state index is 12.2. The van der Waals surface area contributed by atoms with Gasteiger partial charge in [-0.3, -0.25) is 9.59 Å². The van der Waals surface area contributed by atoms with E-state index in [9.17, 15) is 14.4 Å². The second-order valence-corrected chi connectivity index (χ2v) is 8.69. The lowest BCUT2D eigenvalue weighted by Gasteiger charge is -2.26. The lowest BCUT2D eigenvalue weighted by molar-refractivity contribution is -0.132. The fraction of sp³-hybridized carbons (Fsp3) is 0.400. The van der Waals surface area contributed by atoms with Crippen LogP contribution in [0.5, 0.6) is 0 Å². The molecule has 0 saturated heterocycles. The molecule has 176 valence electrons. The van der Waals surface area contributed by atoms with Crippen LogP contribution in [0, 0.1) is 0 Å². The average Bonchev–Trinajstić information content (AvgIpc) is 3.13. The molecule has 2 aromatic carbocycles. The third-order valence-electron chi connectivity index (χ3n) is 5.87. The van der Waals surface area contributed by atoms with Crippen molar-refractivity contribution < 1.29 is 19.1 Å². The van der Waals surface area contributed by atoms with Gasteiger partial charge >= 0.3 is 6.09 Å². The topological polar surface area (TPSA) is 123 Å². The molecule has 0 heterocycles. The predicted octanol–water partition coefficient (Wildman–Crippen LogP) is 2.27. The predicted molar refractivity (Wildman–Crippen MR) is 127 cm³/mol. The molecule has 0 radical (unpaired) electrons. The molecule has 8 nitrogen and oxygen atoms in total. The number of likely N-dealkylation sites (N-methyl/N-ethyl adjacent to an activating group) is 1. The zero-order chi connectivity index (χ0) is 24.0. The largest absolute Gasteiger partial charge is 0.449 e. The van der Waals surface area contributed by atoms with Crippen LogP contribution in [0.2, 0.25) is 0 Å². The van der Waals surface area contributed by atoms with Crippen molar-refractivity contribution in [2.24, 2.45) is 5.73 Å². The van der Waals surface area contributed by atoms with Crippen LogP contribution in [-0.4, -0.2) is 49.7 Å². The molecule has 1 aliphatic carbocycles. The Morgan fingerprint density at radius 2 is 1.61 bits per heavy atom. The van der Waals surface area contributed by atoms with Gasteiger partial charge in [-0.2, -0.15) is 0 Å². The highest BCUT2D eigenvalue weighted by Gasteiger charge is 2.30. The van der Waals surface area contributed by atoms with Crippen LogP contribution < -0.4 is 21.7 Å². The molecule has 8 heteroatoms. The monoisotopic (exact) mass is 452 g/mol. The van der Waals surface area contributed by atoms with E-state index in [-0.39, 0.29) is 18.4 Å². The first-order valence-electron chi connectivity index (χ1n) is 11.1. The highest BCUT2D eigenvalue weighted by molar-refractivity contribution is 5.92. The smallest absolute Gasteiger partial charge is 0.407 e. The summed E-state index contributed by atoms with van der Waals surface area (Å²) in [5, 5.41) is 7.85. The first kappa shape index (κ1) is 24.3. The van der Waals surface area contributed by atoms with Crippen LogP contribution in [0.3, 0.4) is 0 Å². The number of hydrogen-bond donors (Lipinski definition) is 4. The number of nitrogens with one attached hydrogen (secondary N) is 3. The number of nitrogens with two attached hydrogens (primary N) is 1. The summed E-state index contributed by atoms with van der Waals surface area (Å²) in [5.74, 6) is -0.714. The van der Waals surface area contributed by atoms with Crippen molar-refractivity contribution in [1.82, 2.24) is 16.0 Å². The van der Waals surface area contributed by atoms with E-state index >= 15 is 0 Å². The number of amides is 3. The highest BCUT2D eigenvalue weighted by Crippen LogP contribution is 2.44. The summed E-state index contributed by atoms with van der Waals surface area (Å²) in [4.78, 5) is 36.2. The molecule has 5 N–H and O–H groups in total. The summed E-state index contributed by atoms with van der Waals surface area (Å²) >= 11 is 0. The SMILES string of the molecule is CNC(=O)C(C)(C)NC(=O)[C@H](N)CCCNC(=O)OCC1c2ccccc2-c2ccccc21. The van der Waals surface area contributed by atoms with Gasteiger partial charge in [-0.15, -0.1) is 0 Å². The van der Waals surface area contributed by atoms with Gasteiger partial charge in [0.15, 0.2) is 0 Å². The van der Waals surface area contributed by atoms with Crippen molar-refractivity contribution in [2.45, 2.75) is 44.2 Å². The van der Waals surface area contributed by atoms with Gasteiger partial charge in [0.2, 0.25) is 11.8 Å². The lowest BCUT2D eigenvalue weighted by Crippen LogP contribution is -2.57. The molecule has 0 saturated carbocycles. The molecule has 1 aliphatic rings. The average molecular weight is 453 g/mol. The Hall–Kier alpha value is -3.39. The summed E-state index contributed by atoms with van der Waals surface area (Å²) in [6.07, 6.45) is 0.356. The molecule has 0 fully saturated rings. The molecule has 0 aliphatic heterocycles. The van der Waals surface area contributed by atoms with Crippen LogP contribution in [-0.2, 0) is 14.3 Å². The molecule has 0 aromatic heterocycles. The Balaban J connectivity index is 1.42. The summed E-state index contributed by atoms with van der Waals surface area (Å²) in [6.45, 7) is 3.79. The van der Waals surface area contributed by atoms with Gasteiger partial charge in [0.05, 0.1) is 6.04 Å². The number of carbonyl (C=O) groups is 3. The van der Waals surface area contributed by atoms with Crippen LogP contribution >= 0.6 is 0 Å². The van der Waals surface area contributed by atoms with E-state index in [1.54, 1.807) is 13.8 Å². The van der Waals surface area contributed by atoms with E-state index in [1.807, 2.05) is 24.3 Å². The van der Waals surface area contributed by atoms with Crippen molar-refractivity contribution in [3.05, 3.63) is 59.7 Å². The van der Waals surface area contributed by atoms with E-state index in [0.29, 0.717) is 19.4 Å². The minimum atomic E-state index is -1.05. The number of rotatable bonds is 9. The van der Waals surface area contributed by atoms with Crippen molar-refractivity contribution >= 4 is 17.9 Å². The van der Waals surface area contributed by atoms with Crippen molar-refractivity contribution in [1.29, 1.82) is 0 Å². The maximum Gasteiger partial charge on any atom is 0.407 e. The number of fused-ring (bicyclic) bond motifs is 3. The molecule has 3 rings (SSSR count). The van der Waals surface area contributed by atoms with E-state index < -0.39 is 23.6 Å². The minimum Gasteiger partial charge on any atom is -0.449 e. The minimum absolute atomic E-state index is 0.00365. The Morgan fingerprint density at radius 3 is 2.18 bits per heavy atom. The van der Waals surface area contributed by atoms with E-state index in [0.717, 1.165) is 11.1 Å². The molecule has 33 heavy (non-hydrogen) atoms. The first-order valence-corrected chi connectivity index (χ1v) is 11.1. The fourth-order valence-electron chi connectivity index (χ4n) is 4.06. The Labute approximate surface area is 194 Å². The third-order valence-corrected chi connectivity index (χ3v) is 5.87. The van der Waals surface area contributed by atoms with Gasteiger partial charge in [0.25, 0.3) is 0 Å². The lowest BCUT2D eigenvalue weighted by atomic mass is 9.98. The molecular formula is C25H32N4O4. The van der Waals surface area contributed by atoms with Crippen LogP contribution in [0.15, 0.2) is 48.5 Å². The molecule has 0 bridgehead atoms. The van der Waals surface area contributed by atoms with Gasteiger partial charge < -0.3 is 26.4 Å². The molecular weight excluding hydrogens is 420 g/mol. The highest BCUT2D eigenvalue weighted by atomic mass is 16.5. The Bertz CT molecular complexity index is 975. The van der Waals surface area contributed by atoms with E-state index in [4.69, 9.17) is 10.5 Å². The zero-order valence-electron chi connectivity index (χ0n) is 19.3. The van der Waals surface area contributed by atoms with E-state index in [1.165, 1.54) is 18.2 Å². The van der Waals surface area contributed by atoms with Crippen molar-refractivity contribution in [3.8, 4) is 11.1 Å². The molecule has 0 spiro atoms. The summed E-state index contributed by atoms with van der Waals surface area (Å²) in [7, 11) is 1.51. The standard InChI is InChI=1S/C25H32N4O4/c1-25(2,23(31)27-3)29-22(30)21(26)13-8-14-28-24(32)33-15-20-18-11-6-4-9-16(18)17-10-5-7-12-19(17)20/h4-7,9-12,20-21H,8,13-15,26H2,1-3H3,(H,27,31)(H,28,32)(H,29,30)/t21-/m1/s1. The van der Waals surface area contributed by atoms with Gasteiger partial charge in [-0.25, -0.2) is 4.79 Å². The van der Waals surface area contributed by atoms with Gasteiger partial charge in [0.1, 0.15) is 12.1 Å². The normalized spacial score (nSPS) is 13.5. The molecule has 3 amide bonds. The Morgan fingerprint density at radius 1 is 1.03 bits per heavy atom. The second kappa shape index (κ2) is 10.5. The van der Waals surface area contributed by atoms with Crippen molar-refractivity contribution in [2.75, 3.05) is 20.2 Å². The zero-order valence-corrected chi connectivity index (χ0v) is 19.3. The summed E-state index contributed by atoms with van der Waals surface area (Å²) < 4.78 is 5.49. The number of carbonyl (C=O) groups excluding carboxylic acids is 3. The second-order valence-electron chi connectivity index (χ2n) is 8.69. The Kier molecular flexibility index (Phi) is 7.71. The number of benzene rings is 2. The van der Waals surface area contributed by atoms with Crippen molar-refractivity contribution in [3.63, 3.8) is 0 Å². The van der Waals surface area contributed by atoms with Crippen LogP contribution in [0.25, 0.3) is 11.1 Å². The van der Waals surface area contributed by atoms with Gasteiger partial charge in [-0.05, 0) is 48.9 Å². The molecule has 2 aromatic rings. The fourth-order valence-corrected chi connectivity index (χ4v) is 4.06. The number of ether oxygens (including phenoxy) is 1. The number of hydrogen-bond acceptors (Lipinski definition) is 5.